The van der Waals surface area contributed by atoms with Crippen LogP contribution in [-0.2, 0) is 4.74 Å². The first-order chi connectivity index (χ1) is 11.0. The van der Waals surface area contributed by atoms with Gasteiger partial charge in [-0.05, 0) is 77.9 Å². The van der Waals surface area contributed by atoms with Crippen molar-refractivity contribution < 1.29 is 19.1 Å². The summed E-state index contributed by atoms with van der Waals surface area (Å²) >= 11 is 2.18. The zero-order valence-corrected chi connectivity index (χ0v) is 15.1. The van der Waals surface area contributed by atoms with E-state index in [-0.39, 0.29) is 5.97 Å². The standard InChI is InChI=1S/C18H17IO4/c1-3-10-22-17(20)13-6-8-15(9-7-13)23-18(21)14-5-4-12(2)16(19)11-14/h4-9,11H,3,10H2,1-2H3. The number of carbonyl (C=O) groups excluding carboxylic acids is 2. The molecule has 0 saturated heterocycles. The molecule has 2 aromatic carbocycles. The first-order valence-electron chi connectivity index (χ1n) is 7.26. The predicted molar refractivity (Wildman–Crippen MR) is 95.9 cm³/mol. The van der Waals surface area contributed by atoms with Crippen LogP contribution >= 0.6 is 22.6 Å². The molecule has 0 bridgehead atoms. The first kappa shape index (κ1) is 17.5. The second kappa shape index (κ2) is 8.10. The van der Waals surface area contributed by atoms with Crippen LogP contribution in [0.25, 0.3) is 0 Å². The lowest BCUT2D eigenvalue weighted by Crippen LogP contribution is -2.09. The van der Waals surface area contributed by atoms with Crippen molar-refractivity contribution in [3.05, 3.63) is 62.7 Å². The van der Waals surface area contributed by atoms with Crippen molar-refractivity contribution in [2.75, 3.05) is 6.61 Å². The molecule has 0 saturated carbocycles. The van der Waals surface area contributed by atoms with Gasteiger partial charge in [0.25, 0.3) is 0 Å². The molecule has 0 aliphatic rings. The average Bonchev–Trinajstić information content (AvgIpc) is 2.55. The number of benzene rings is 2. The fourth-order valence-corrected chi connectivity index (χ4v) is 2.34. The summed E-state index contributed by atoms with van der Waals surface area (Å²) in [6.45, 7) is 4.30. The van der Waals surface area contributed by atoms with Crippen molar-refractivity contribution in [3.8, 4) is 5.75 Å². The quantitative estimate of drug-likeness (QED) is 0.406. The van der Waals surface area contributed by atoms with Crippen LogP contribution in [-0.4, -0.2) is 18.5 Å². The van der Waals surface area contributed by atoms with Gasteiger partial charge in [-0.1, -0.05) is 13.0 Å². The Balaban J connectivity index is 2.04. The molecule has 4 nitrogen and oxygen atoms in total. The minimum atomic E-state index is -0.427. The van der Waals surface area contributed by atoms with Crippen LogP contribution in [0.15, 0.2) is 42.5 Å². The smallest absolute Gasteiger partial charge is 0.343 e. The lowest BCUT2D eigenvalue weighted by atomic mass is 10.1. The maximum atomic E-state index is 12.1. The molecule has 0 heterocycles. The molecule has 120 valence electrons. The summed E-state index contributed by atoms with van der Waals surface area (Å²) in [4.78, 5) is 23.8. The fourth-order valence-electron chi connectivity index (χ4n) is 1.82. The molecule has 0 N–H and O–H groups in total. The number of aryl methyl sites for hydroxylation is 1. The minimum absolute atomic E-state index is 0.377. The van der Waals surface area contributed by atoms with Gasteiger partial charge in [-0.3, -0.25) is 0 Å². The molecule has 0 unspecified atom stereocenters. The monoisotopic (exact) mass is 424 g/mol. The van der Waals surface area contributed by atoms with Crippen LogP contribution in [0.3, 0.4) is 0 Å². The van der Waals surface area contributed by atoms with E-state index in [2.05, 4.69) is 22.6 Å². The van der Waals surface area contributed by atoms with E-state index in [0.29, 0.717) is 23.5 Å². The molecular weight excluding hydrogens is 407 g/mol. The van der Waals surface area contributed by atoms with Crippen molar-refractivity contribution in [1.29, 1.82) is 0 Å². The third kappa shape index (κ3) is 4.79. The second-order valence-corrected chi connectivity index (χ2v) is 6.18. The van der Waals surface area contributed by atoms with Gasteiger partial charge in [0, 0.05) is 3.57 Å². The lowest BCUT2D eigenvalue weighted by Gasteiger charge is -2.07. The summed E-state index contributed by atoms with van der Waals surface area (Å²) in [6.07, 6.45) is 0.775. The number of hydrogen-bond acceptors (Lipinski definition) is 4. The minimum Gasteiger partial charge on any atom is -0.462 e. The zero-order valence-electron chi connectivity index (χ0n) is 13.0. The molecule has 0 aromatic heterocycles. The van der Waals surface area contributed by atoms with Crippen LogP contribution < -0.4 is 4.74 Å². The van der Waals surface area contributed by atoms with Crippen molar-refractivity contribution in [1.82, 2.24) is 0 Å². The van der Waals surface area contributed by atoms with Gasteiger partial charge in [-0.25, -0.2) is 9.59 Å². The summed E-state index contributed by atoms with van der Waals surface area (Å²) in [5, 5.41) is 0. The molecule has 0 atom stereocenters. The number of rotatable bonds is 5. The SMILES string of the molecule is CCCOC(=O)c1ccc(OC(=O)c2ccc(C)c(I)c2)cc1. The topological polar surface area (TPSA) is 52.6 Å². The maximum Gasteiger partial charge on any atom is 0.343 e. The van der Waals surface area contributed by atoms with Crippen molar-refractivity contribution in [2.45, 2.75) is 20.3 Å². The summed E-state index contributed by atoms with van der Waals surface area (Å²) < 4.78 is 11.4. The second-order valence-electron chi connectivity index (χ2n) is 5.01. The summed E-state index contributed by atoms with van der Waals surface area (Å²) in [7, 11) is 0. The number of hydrogen-bond donors (Lipinski definition) is 0. The van der Waals surface area contributed by atoms with Crippen LogP contribution in [0.4, 0.5) is 0 Å². The number of halogens is 1. The Morgan fingerprint density at radius 2 is 1.65 bits per heavy atom. The number of ether oxygens (including phenoxy) is 2. The van der Waals surface area contributed by atoms with Crippen LogP contribution in [0.5, 0.6) is 5.75 Å². The lowest BCUT2D eigenvalue weighted by molar-refractivity contribution is 0.0505. The van der Waals surface area contributed by atoms with E-state index >= 15 is 0 Å². The van der Waals surface area contributed by atoms with E-state index in [4.69, 9.17) is 9.47 Å². The van der Waals surface area contributed by atoms with Crippen molar-refractivity contribution in [3.63, 3.8) is 0 Å². The van der Waals surface area contributed by atoms with Crippen LogP contribution in [0, 0.1) is 10.5 Å². The Hall–Kier alpha value is -1.89. The van der Waals surface area contributed by atoms with Gasteiger partial charge in [0.1, 0.15) is 5.75 Å². The van der Waals surface area contributed by atoms with Gasteiger partial charge in [0.2, 0.25) is 0 Å². The average molecular weight is 424 g/mol. The third-order valence-corrected chi connectivity index (χ3v) is 4.31. The summed E-state index contributed by atoms with van der Waals surface area (Å²) in [5.41, 5.74) is 2.03. The summed E-state index contributed by atoms with van der Waals surface area (Å²) in [6, 6.07) is 11.7. The van der Waals surface area contributed by atoms with Crippen LogP contribution in [0.1, 0.15) is 39.6 Å². The molecule has 0 fully saturated rings. The Labute approximate surface area is 148 Å². The highest BCUT2D eigenvalue weighted by atomic mass is 127. The largest absolute Gasteiger partial charge is 0.462 e. The Morgan fingerprint density at radius 1 is 1.00 bits per heavy atom. The summed E-state index contributed by atoms with van der Waals surface area (Å²) in [5.74, 6) is -0.417. The van der Waals surface area contributed by atoms with Gasteiger partial charge in [0.15, 0.2) is 0 Å². The Kier molecular flexibility index (Phi) is 6.15. The molecule has 5 heteroatoms. The van der Waals surface area contributed by atoms with Crippen LogP contribution in [0.2, 0.25) is 0 Å². The van der Waals surface area contributed by atoms with Crippen molar-refractivity contribution >= 4 is 34.5 Å². The third-order valence-electron chi connectivity index (χ3n) is 3.15. The molecule has 0 spiro atoms. The number of carbonyl (C=O) groups is 2. The van der Waals surface area contributed by atoms with Gasteiger partial charge in [-0.15, -0.1) is 0 Å². The van der Waals surface area contributed by atoms with E-state index < -0.39 is 5.97 Å². The number of esters is 2. The highest BCUT2D eigenvalue weighted by Gasteiger charge is 2.11. The predicted octanol–water partition coefficient (Wildman–Crippen LogP) is 4.39. The fraction of sp³-hybridized carbons (Fsp3) is 0.222. The Morgan fingerprint density at radius 3 is 2.26 bits per heavy atom. The van der Waals surface area contributed by atoms with Gasteiger partial charge in [0.05, 0.1) is 17.7 Å². The van der Waals surface area contributed by atoms with E-state index in [1.165, 1.54) is 0 Å². The highest BCUT2D eigenvalue weighted by Crippen LogP contribution is 2.18. The van der Waals surface area contributed by atoms with Gasteiger partial charge < -0.3 is 9.47 Å². The highest BCUT2D eigenvalue weighted by molar-refractivity contribution is 14.1. The molecule has 0 aliphatic carbocycles. The van der Waals surface area contributed by atoms with E-state index in [1.54, 1.807) is 36.4 Å². The van der Waals surface area contributed by atoms with Gasteiger partial charge >= 0.3 is 11.9 Å². The molecular formula is C18H17IO4. The van der Waals surface area contributed by atoms with E-state index in [0.717, 1.165) is 15.6 Å². The van der Waals surface area contributed by atoms with Crippen molar-refractivity contribution in [2.24, 2.45) is 0 Å². The molecule has 2 aromatic rings. The Bertz CT molecular complexity index is 707. The molecule has 0 aliphatic heterocycles. The zero-order chi connectivity index (χ0) is 16.8. The maximum absolute atomic E-state index is 12.1. The molecule has 2 rings (SSSR count). The normalized spacial score (nSPS) is 10.2. The van der Waals surface area contributed by atoms with Gasteiger partial charge in [-0.2, -0.15) is 0 Å². The van der Waals surface area contributed by atoms with E-state index in [1.807, 2.05) is 19.9 Å². The molecule has 0 radical (unpaired) electrons. The molecule has 0 amide bonds. The first-order valence-corrected chi connectivity index (χ1v) is 8.34. The molecule has 23 heavy (non-hydrogen) atoms. The van der Waals surface area contributed by atoms with E-state index in [9.17, 15) is 9.59 Å².